The van der Waals surface area contributed by atoms with Crippen LogP contribution in [0.4, 0.5) is 17.1 Å². The van der Waals surface area contributed by atoms with Gasteiger partial charge in [-0.2, -0.15) is 0 Å². The van der Waals surface area contributed by atoms with E-state index in [9.17, 15) is 4.79 Å². The molecule has 0 heterocycles. The van der Waals surface area contributed by atoms with Crippen LogP contribution in [0.3, 0.4) is 0 Å². The summed E-state index contributed by atoms with van der Waals surface area (Å²) in [6.45, 7) is 1.95. The van der Waals surface area contributed by atoms with Crippen molar-refractivity contribution >= 4 is 38.9 Å². The minimum Gasteiger partial charge on any atom is -0.397 e. The predicted octanol–water partition coefficient (Wildman–Crippen LogP) is 3.66. The molecule has 0 aliphatic rings. The lowest BCUT2D eigenvalue weighted by Crippen LogP contribution is -2.15. The molecule has 0 saturated carbocycles. The van der Waals surface area contributed by atoms with E-state index in [1.165, 1.54) is 0 Å². The highest BCUT2D eigenvalue weighted by molar-refractivity contribution is 9.10. The molecule has 0 saturated heterocycles. The van der Waals surface area contributed by atoms with Crippen molar-refractivity contribution in [2.75, 3.05) is 30.0 Å². The fourth-order valence-electron chi connectivity index (χ4n) is 2.03. The van der Waals surface area contributed by atoms with Gasteiger partial charge in [-0.25, -0.2) is 0 Å². The number of benzene rings is 2. The van der Waals surface area contributed by atoms with Crippen LogP contribution in [0.25, 0.3) is 0 Å². The number of rotatable bonds is 3. The van der Waals surface area contributed by atoms with Crippen LogP contribution in [0.2, 0.25) is 0 Å². The van der Waals surface area contributed by atoms with Crippen LogP contribution >= 0.6 is 15.9 Å². The molecule has 4 nitrogen and oxygen atoms in total. The maximum absolute atomic E-state index is 12.3. The lowest BCUT2D eigenvalue weighted by molar-refractivity contribution is 0.102. The van der Waals surface area contributed by atoms with Gasteiger partial charge < -0.3 is 16.0 Å². The van der Waals surface area contributed by atoms with E-state index in [1.54, 1.807) is 12.1 Å². The van der Waals surface area contributed by atoms with Crippen molar-refractivity contribution in [2.24, 2.45) is 0 Å². The minimum absolute atomic E-state index is 0.173. The van der Waals surface area contributed by atoms with Crippen molar-refractivity contribution in [1.82, 2.24) is 0 Å². The molecule has 2 aromatic carbocycles. The minimum atomic E-state index is -0.173. The van der Waals surface area contributed by atoms with Gasteiger partial charge >= 0.3 is 0 Å². The molecular formula is C16H18BrN3O. The summed E-state index contributed by atoms with van der Waals surface area (Å²) in [5, 5.41) is 2.91. The fourth-order valence-corrected chi connectivity index (χ4v) is 2.39. The predicted molar refractivity (Wildman–Crippen MR) is 92.0 cm³/mol. The SMILES string of the molecule is Cc1ccc(Br)cc1NC(=O)c1ccc(N(C)C)c(N)c1. The van der Waals surface area contributed by atoms with Gasteiger partial charge in [0.15, 0.2) is 0 Å². The second kappa shape index (κ2) is 6.18. The number of carbonyl (C=O) groups is 1. The number of hydrogen-bond donors (Lipinski definition) is 2. The molecule has 1 amide bonds. The summed E-state index contributed by atoms with van der Waals surface area (Å²) < 4.78 is 0.922. The van der Waals surface area contributed by atoms with E-state index in [2.05, 4.69) is 21.2 Å². The lowest BCUT2D eigenvalue weighted by Gasteiger charge is -2.16. The largest absolute Gasteiger partial charge is 0.397 e. The number of anilines is 3. The van der Waals surface area contributed by atoms with Crippen LogP contribution < -0.4 is 16.0 Å². The van der Waals surface area contributed by atoms with Crippen molar-refractivity contribution in [3.8, 4) is 0 Å². The summed E-state index contributed by atoms with van der Waals surface area (Å²) in [5.74, 6) is -0.173. The Labute approximate surface area is 133 Å². The molecule has 0 unspecified atom stereocenters. The van der Waals surface area contributed by atoms with E-state index in [-0.39, 0.29) is 5.91 Å². The van der Waals surface area contributed by atoms with Gasteiger partial charge in [-0.15, -0.1) is 0 Å². The number of halogens is 1. The van der Waals surface area contributed by atoms with Gasteiger partial charge in [0.25, 0.3) is 5.91 Å². The Morgan fingerprint density at radius 1 is 1.19 bits per heavy atom. The molecule has 21 heavy (non-hydrogen) atoms. The Kier molecular flexibility index (Phi) is 4.53. The number of amides is 1. The summed E-state index contributed by atoms with van der Waals surface area (Å²) >= 11 is 3.40. The zero-order valence-electron chi connectivity index (χ0n) is 12.3. The summed E-state index contributed by atoms with van der Waals surface area (Å²) in [6.07, 6.45) is 0. The monoisotopic (exact) mass is 347 g/mol. The number of nitrogen functional groups attached to an aromatic ring is 1. The van der Waals surface area contributed by atoms with Gasteiger partial charge in [0, 0.05) is 29.8 Å². The summed E-state index contributed by atoms with van der Waals surface area (Å²) in [4.78, 5) is 14.2. The maximum atomic E-state index is 12.3. The highest BCUT2D eigenvalue weighted by Gasteiger charge is 2.11. The second-order valence-corrected chi connectivity index (χ2v) is 6.00. The molecular weight excluding hydrogens is 330 g/mol. The fraction of sp³-hybridized carbons (Fsp3) is 0.188. The first-order valence-electron chi connectivity index (χ1n) is 6.53. The Morgan fingerprint density at radius 3 is 2.52 bits per heavy atom. The maximum Gasteiger partial charge on any atom is 0.255 e. The average Bonchev–Trinajstić information content (AvgIpc) is 2.42. The Bertz CT molecular complexity index is 683. The van der Waals surface area contributed by atoms with Gasteiger partial charge in [0.05, 0.1) is 11.4 Å². The first-order valence-corrected chi connectivity index (χ1v) is 7.32. The normalized spacial score (nSPS) is 10.3. The molecule has 2 aromatic rings. The van der Waals surface area contributed by atoms with Gasteiger partial charge in [0.1, 0.15) is 0 Å². The van der Waals surface area contributed by atoms with Crippen LogP contribution in [0.5, 0.6) is 0 Å². The van der Waals surface area contributed by atoms with Crippen molar-refractivity contribution in [3.05, 3.63) is 52.0 Å². The van der Waals surface area contributed by atoms with Crippen LogP contribution in [-0.2, 0) is 0 Å². The number of nitrogens with two attached hydrogens (primary N) is 1. The smallest absolute Gasteiger partial charge is 0.255 e. The summed E-state index contributed by atoms with van der Waals surface area (Å²) in [6, 6.07) is 11.1. The van der Waals surface area contributed by atoms with Gasteiger partial charge in [-0.3, -0.25) is 4.79 Å². The second-order valence-electron chi connectivity index (χ2n) is 5.08. The number of hydrogen-bond acceptors (Lipinski definition) is 3. The molecule has 5 heteroatoms. The first kappa shape index (κ1) is 15.4. The highest BCUT2D eigenvalue weighted by atomic mass is 79.9. The molecule has 2 rings (SSSR count). The van der Waals surface area contributed by atoms with Crippen molar-refractivity contribution < 1.29 is 4.79 Å². The van der Waals surface area contributed by atoms with Gasteiger partial charge in [-0.05, 0) is 42.8 Å². The van der Waals surface area contributed by atoms with Crippen LogP contribution in [0, 0.1) is 6.92 Å². The van der Waals surface area contributed by atoms with E-state index in [1.807, 2.05) is 50.2 Å². The summed E-state index contributed by atoms with van der Waals surface area (Å²) in [5.41, 5.74) is 9.78. The molecule has 0 bridgehead atoms. The van der Waals surface area contributed by atoms with Crippen molar-refractivity contribution in [2.45, 2.75) is 6.92 Å². The van der Waals surface area contributed by atoms with E-state index in [0.717, 1.165) is 21.4 Å². The Hall–Kier alpha value is -2.01. The molecule has 0 atom stereocenters. The van der Waals surface area contributed by atoms with Gasteiger partial charge in [0.2, 0.25) is 0 Å². The van der Waals surface area contributed by atoms with Crippen LogP contribution in [0.15, 0.2) is 40.9 Å². The molecule has 0 spiro atoms. The molecule has 3 N–H and O–H groups in total. The third-order valence-corrected chi connectivity index (χ3v) is 3.71. The lowest BCUT2D eigenvalue weighted by atomic mass is 10.1. The highest BCUT2D eigenvalue weighted by Crippen LogP contribution is 2.24. The number of nitrogens with zero attached hydrogens (tertiary/aromatic N) is 1. The standard InChI is InChI=1S/C16H18BrN3O/c1-10-4-6-12(17)9-14(10)19-16(21)11-5-7-15(20(2)3)13(18)8-11/h4-9H,18H2,1-3H3,(H,19,21). The van der Waals surface area contributed by atoms with Crippen molar-refractivity contribution in [3.63, 3.8) is 0 Å². The molecule has 0 aromatic heterocycles. The quantitative estimate of drug-likeness (QED) is 0.833. The number of carbonyl (C=O) groups excluding carboxylic acids is 1. The van der Waals surface area contributed by atoms with E-state index >= 15 is 0 Å². The van der Waals surface area contributed by atoms with E-state index < -0.39 is 0 Å². The Balaban J connectivity index is 2.24. The third kappa shape index (κ3) is 3.55. The van der Waals surface area contributed by atoms with E-state index in [4.69, 9.17) is 5.73 Å². The number of aryl methyl sites for hydroxylation is 1. The van der Waals surface area contributed by atoms with Crippen LogP contribution in [0.1, 0.15) is 15.9 Å². The first-order chi connectivity index (χ1) is 9.88. The molecule has 0 fully saturated rings. The topological polar surface area (TPSA) is 58.4 Å². The number of nitrogens with one attached hydrogen (secondary N) is 1. The zero-order chi connectivity index (χ0) is 15.6. The third-order valence-electron chi connectivity index (χ3n) is 3.22. The Morgan fingerprint density at radius 2 is 1.90 bits per heavy atom. The molecule has 0 aliphatic carbocycles. The zero-order valence-corrected chi connectivity index (χ0v) is 13.9. The van der Waals surface area contributed by atoms with Gasteiger partial charge in [-0.1, -0.05) is 22.0 Å². The molecule has 0 radical (unpaired) electrons. The molecule has 0 aliphatic heterocycles. The summed E-state index contributed by atoms with van der Waals surface area (Å²) in [7, 11) is 3.83. The molecule has 110 valence electrons. The average molecular weight is 348 g/mol. The van der Waals surface area contributed by atoms with Crippen molar-refractivity contribution in [1.29, 1.82) is 0 Å². The van der Waals surface area contributed by atoms with Crippen LogP contribution in [-0.4, -0.2) is 20.0 Å². The van der Waals surface area contributed by atoms with E-state index in [0.29, 0.717) is 11.3 Å².